The van der Waals surface area contributed by atoms with Gasteiger partial charge in [0.2, 0.25) is 0 Å². The number of benzene rings is 1. The van der Waals surface area contributed by atoms with Gasteiger partial charge in [-0.3, -0.25) is 0 Å². The lowest BCUT2D eigenvalue weighted by Crippen LogP contribution is -3.13. The summed E-state index contributed by atoms with van der Waals surface area (Å²) < 4.78 is 5.98. The van der Waals surface area contributed by atoms with Gasteiger partial charge in [0.15, 0.2) is 0 Å². The number of aromatic amines is 1. The lowest BCUT2D eigenvalue weighted by Gasteiger charge is -2.34. The van der Waals surface area contributed by atoms with Gasteiger partial charge in [-0.2, -0.15) is 5.26 Å². The van der Waals surface area contributed by atoms with Gasteiger partial charge in [0.25, 0.3) is 5.82 Å². The first kappa shape index (κ1) is 18.9. The summed E-state index contributed by atoms with van der Waals surface area (Å²) >= 11 is 0. The van der Waals surface area contributed by atoms with Crippen LogP contribution in [0.4, 0.5) is 5.82 Å². The fourth-order valence-electron chi connectivity index (χ4n) is 4.44. The Labute approximate surface area is 167 Å². The molecule has 0 atom stereocenters. The molecule has 0 aliphatic carbocycles. The lowest BCUT2D eigenvalue weighted by molar-refractivity contribution is -0.914. The summed E-state index contributed by atoms with van der Waals surface area (Å²) in [5.74, 6) is 0.996. The third kappa shape index (κ3) is 3.76. The van der Waals surface area contributed by atoms with E-state index in [0.29, 0.717) is 6.61 Å². The number of fused-ring (bicyclic) bond motifs is 1. The van der Waals surface area contributed by atoms with Gasteiger partial charge >= 0.3 is 0 Å². The molecule has 0 saturated carbocycles. The largest absolute Gasteiger partial charge is 0.370 e. The predicted octanol–water partition coefficient (Wildman–Crippen LogP) is 1.44. The number of piperazine rings is 1. The SMILES string of the molecule is Cc1[nH+]c(N2CC[NH+](Cc3ccccc3)CC2)c(C#N)c2c1COC(C)(C)C2. The van der Waals surface area contributed by atoms with Gasteiger partial charge in [-0.15, -0.1) is 0 Å². The Bertz CT molecular complexity index is 893. The number of ether oxygens (including phenoxy) is 1. The molecule has 1 aromatic carbocycles. The monoisotopic (exact) mass is 378 g/mol. The average Bonchev–Trinajstić information content (AvgIpc) is 2.68. The molecule has 2 aliphatic heterocycles. The first-order valence-corrected chi connectivity index (χ1v) is 10.2. The Morgan fingerprint density at radius 3 is 2.57 bits per heavy atom. The van der Waals surface area contributed by atoms with Gasteiger partial charge in [0.05, 0.1) is 12.2 Å². The van der Waals surface area contributed by atoms with E-state index in [1.807, 2.05) is 0 Å². The van der Waals surface area contributed by atoms with Crippen LogP contribution in [0.3, 0.4) is 0 Å². The summed E-state index contributed by atoms with van der Waals surface area (Å²) in [6.07, 6.45) is 0.785. The van der Waals surface area contributed by atoms with Crippen molar-refractivity contribution in [2.75, 3.05) is 31.1 Å². The quantitative estimate of drug-likeness (QED) is 0.879. The van der Waals surface area contributed by atoms with Crippen molar-refractivity contribution in [3.05, 3.63) is 58.3 Å². The second-order valence-electron chi connectivity index (χ2n) is 8.67. The number of nitrogens with one attached hydrogen (secondary N) is 2. The van der Waals surface area contributed by atoms with E-state index in [4.69, 9.17) is 4.74 Å². The maximum absolute atomic E-state index is 9.97. The van der Waals surface area contributed by atoms with E-state index >= 15 is 0 Å². The minimum atomic E-state index is -0.220. The van der Waals surface area contributed by atoms with Crippen molar-refractivity contribution >= 4 is 5.82 Å². The van der Waals surface area contributed by atoms with Gasteiger partial charge in [-0.05, 0) is 26.3 Å². The number of aryl methyl sites for hydroxylation is 1. The fraction of sp³-hybridized carbons (Fsp3) is 0.478. The number of hydrogen-bond acceptors (Lipinski definition) is 3. The number of nitriles is 1. The second kappa shape index (κ2) is 7.54. The molecule has 2 aromatic rings. The number of anilines is 1. The average molecular weight is 379 g/mol. The minimum absolute atomic E-state index is 0.220. The molecule has 0 bridgehead atoms. The Morgan fingerprint density at radius 1 is 1.18 bits per heavy atom. The van der Waals surface area contributed by atoms with Crippen molar-refractivity contribution < 1.29 is 14.6 Å². The lowest BCUT2D eigenvalue weighted by atomic mass is 9.88. The van der Waals surface area contributed by atoms with Gasteiger partial charge in [0, 0.05) is 17.5 Å². The van der Waals surface area contributed by atoms with Crippen molar-refractivity contribution in [1.82, 2.24) is 0 Å². The second-order valence-corrected chi connectivity index (χ2v) is 8.67. The van der Waals surface area contributed by atoms with Crippen molar-refractivity contribution in [3.8, 4) is 6.07 Å². The molecule has 2 N–H and O–H groups in total. The van der Waals surface area contributed by atoms with Crippen LogP contribution in [0.25, 0.3) is 0 Å². The number of quaternary nitrogens is 1. The molecule has 146 valence electrons. The zero-order chi connectivity index (χ0) is 19.7. The number of H-pyrrole nitrogens is 1. The zero-order valence-corrected chi connectivity index (χ0v) is 17.1. The summed E-state index contributed by atoms with van der Waals surface area (Å²) in [6, 6.07) is 13.2. The first-order chi connectivity index (χ1) is 13.5. The van der Waals surface area contributed by atoms with E-state index in [1.165, 1.54) is 11.1 Å². The van der Waals surface area contributed by atoms with E-state index in [2.05, 4.69) is 67.1 Å². The highest BCUT2D eigenvalue weighted by Gasteiger charge is 2.36. The van der Waals surface area contributed by atoms with Crippen LogP contribution in [0.1, 0.15) is 41.8 Å². The van der Waals surface area contributed by atoms with Crippen LogP contribution in [0.5, 0.6) is 0 Å². The molecule has 1 saturated heterocycles. The summed E-state index contributed by atoms with van der Waals surface area (Å²) in [5, 5.41) is 9.97. The highest BCUT2D eigenvalue weighted by Crippen LogP contribution is 2.33. The van der Waals surface area contributed by atoms with E-state index in [-0.39, 0.29) is 5.60 Å². The number of nitrogens with zero attached hydrogens (tertiary/aromatic N) is 2. The van der Waals surface area contributed by atoms with Crippen LogP contribution in [-0.4, -0.2) is 31.8 Å². The summed E-state index contributed by atoms with van der Waals surface area (Å²) in [5.41, 5.74) is 5.43. The van der Waals surface area contributed by atoms with Crippen molar-refractivity contribution in [2.24, 2.45) is 0 Å². The Hall–Kier alpha value is -2.42. The number of aromatic nitrogens is 1. The standard InChI is InChI=1S/C23H28N4O/c1-17-21-16-28-23(2,3)13-19(21)20(14-24)22(25-17)27-11-9-26(10-12-27)15-18-7-5-4-6-8-18/h4-8H,9-13,15-16H2,1-3H3/p+2. The fourth-order valence-corrected chi connectivity index (χ4v) is 4.44. The van der Waals surface area contributed by atoms with Crippen molar-refractivity contribution in [2.45, 2.75) is 45.9 Å². The van der Waals surface area contributed by atoms with Crippen molar-refractivity contribution in [1.29, 1.82) is 5.26 Å². The maximum Gasteiger partial charge on any atom is 0.293 e. The molecule has 3 heterocycles. The van der Waals surface area contributed by atoms with Crippen LogP contribution in [0.15, 0.2) is 30.3 Å². The Morgan fingerprint density at radius 2 is 1.89 bits per heavy atom. The maximum atomic E-state index is 9.97. The Balaban J connectivity index is 1.54. The van der Waals surface area contributed by atoms with E-state index in [1.54, 1.807) is 4.90 Å². The number of hydrogen-bond donors (Lipinski definition) is 1. The van der Waals surface area contributed by atoms with Gasteiger partial charge in [-0.1, -0.05) is 30.3 Å². The molecular weight excluding hydrogens is 348 g/mol. The molecule has 1 fully saturated rings. The van der Waals surface area contributed by atoms with E-state index in [0.717, 1.165) is 61.8 Å². The Kier molecular flexibility index (Phi) is 5.09. The predicted molar refractivity (Wildman–Crippen MR) is 108 cm³/mol. The molecule has 0 unspecified atom stereocenters. The molecule has 4 rings (SSSR count). The van der Waals surface area contributed by atoms with Crippen LogP contribution in [0.2, 0.25) is 0 Å². The smallest absolute Gasteiger partial charge is 0.293 e. The van der Waals surface area contributed by atoms with E-state index in [9.17, 15) is 5.26 Å². The minimum Gasteiger partial charge on any atom is -0.370 e. The molecule has 28 heavy (non-hydrogen) atoms. The van der Waals surface area contributed by atoms with Crippen LogP contribution in [0, 0.1) is 18.3 Å². The molecule has 2 aliphatic rings. The van der Waals surface area contributed by atoms with Gasteiger partial charge in [-0.25, -0.2) is 9.88 Å². The summed E-state index contributed by atoms with van der Waals surface area (Å²) in [7, 11) is 0. The molecule has 1 aromatic heterocycles. The first-order valence-electron chi connectivity index (χ1n) is 10.2. The molecule has 0 radical (unpaired) electrons. The van der Waals surface area contributed by atoms with Gasteiger partial charge in [0.1, 0.15) is 50.1 Å². The number of rotatable bonds is 3. The van der Waals surface area contributed by atoms with Crippen molar-refractivity contribution in [3.63, 3.8) is 0 Å². The topological polar surface area (TPSA) is 54.8 Å². The molecule has 5 nitrogen and oxygen atoms in total. The third-order valence-electron chi connectivity index (χ3n) is 6.07. The highest BCUT2D eigenvalue weighted by atomic mass is 16.5. The highest BCUT2D eigenvalue weighted by molar-refractivity contribution is 5.58. The molecule has 0 spiro atoms. The molecular formula is C23H30N4O+2. The van der Waals surface area contributed by atoms with Gasteiger partial charge < -0.3 is 9.64 Å². The zero-order valence-electron chi connectivity index (χ0n) is 17.1. The van der Waals surface area contributed by atoms with Crippen LogP contribution >= 0.6 is 0 Å². The molecule has 5 heteroatoms. The van der Waals surface area contributed by atoms with Crippen LogP contribution in [-0.2, 0) is 24.3 Å². The normalized spacial score (nSPS) is 19.1. The van der Waals surface area contributed by atoms with E-state index < -0.39 is 0 Å². The number of pyridine rings is 1. The van der Waals surface area contributed by atoms with Crippen LogP contribution < -0.4 is 14.8 Å². The summed E-state index contributed by atoms with van der Waals surface area (Å²) in [4.78, 5) is 7.50. The third-order valence-corrected chi connectivity index (χ3v) is 6.07. The summed E-state index contributed by atoms with van der Waals surface area (Å²) in [6.45, 7) is 12.0. The molecule has 0 amide bonds.